The Balaban J connectivity index is 1.53. The van der Waals surface area contributed by atoms with Crippen LogP contribution in [-0.2, 0) is 16.0 Å². The molecule has 1 atom stereocenters. The SMILES string of the molecule is CCN(C(=O)[C@H]1CCN(C(=O)c2ccc(CCC(C)(C)C(=O)O)cc2)c2cnccc21)c1ccc(Cl)cc1. The van der Waals surface area contributed by atoms with Gasteiger partial charge in [-0.15, -0.1) is 0 Å². The summed E-state index contributed by atoms with van der Waals surface area (Å²) in [5, 5.41) is 9.95. The number of aliphatic carboxylic acids is 1. The van der Waals surface area contributed by atoms with E-state index in [0.29, 0.717) is 48.6 Å². The van der Waals surface area contributed by atoms with Crippen LogP contribution in [0.2, 0.25) is 5.02 Å². The lowest BCUT2D eigenvalue weighted by Gasteiger charge is -2.35. The summed E-state index contributed by atoms with van der Waals surface area (Å²) in [5.41, 5.74) is 2.90. The van der Waals surface area contributed by atoms with Crippen molar-refractivity contribution in [3.63, 3.8) is 0 Å². The third kappa shape index (κ3) is 5.73. The summed E-state index contributed by atoms with van der Waals surface area (Å²) in [6, 6.07) is 16.3. The zero-order chi connectivity index (χ0) is 27.4. The number of likely N-dealkylation sites (N-methyl/N-ethyl adjacent to an activating group) is 1. The number of aryl methyl sites for hydroxylation is 1. The second-order valence-corrected chi connectivity index (χ2v) is 10.6. The minimum atomic E-state index is -0.825. The Bertz CT molecular complexity index is 1320. The number of hydrogen-bond donors (Lipinski definition) is 1. The van der Waals surface area contributed by atoms with E-state index < -0.39 is 17.3 Å². The van der Waals surface area contributed by atoms with Gasteiger partial charge in [-0.2, -0.15) is 0 Å². The van der Waals surface area contributed by atoms with Gasteiger partial charge in [0.15, 0.2) is 0 Å². The van der Waals surface area contributed by atoms with Gasteiger partial charge in [0, 0.05) is 35.6 Å². The van der Waals surface area contributed by atoms with Crippen LogP contribution in [0, 0.1) is 5.41 Å². The van der Waals surface area contributed by atoms with Gasteiger partial charge in [-0.25, -0.2) is 0 Å². The highest BCUT2D eigenvalue weighted by Gasteiger charge is 2.35. The number of carbonyl (C=O) groups excluding carboxylic acids is 2. The van der Waals surface area contributed by atoms with Gasteiger partial charge in [-0.05, 0) is 93.6 Å². The van der Waals surface area contributed by atoms with Gasteiger partial charge < -0.3 is 14.9 Å². The van der Waals surface area contributed by atoms with Crippen molar-refractivity contribution in [3.05, 3.63) is 88.7 Å². The molecule has 3 aromatic rings. The first kappa shape index (κ1) is 27.3. The molecule has 2 amide bonds. The Morgan fingerprint density at radius 2 is 1.76 bits per heavy atom. The Morgan fingerprint density at radius 3 is 2.39 bits per heavy atom. The number of benzene rings is 2. The first-order valence-electron chi connectivity index (χ1n) is 12.8. The van der Waals surface area contributed by atoms with Crippen LogP contribution in [0.25, 0.3) is 0 Å². The number of rotatable bonds is 8. The molecule has 0 bridgehead atoms. The lowest BCUT2D eigenvalue weighted by Crippen LogP contribution is -2.42. The van der Waals surface area contributed by atoms with Gasteiger partial charge in [0.2, 0.25) is 5.91 Å². The first-order valence-corrected chi connectivity index (χ1v) is 13.1. The van der Waals surface area contributed by atoms with E-state index in [9.17, 15) is 19.5 Å². The second kappa shape index (κ2) is 11.4. The number of halogens is 1. The summed E-state index contributed by atoms with van der Waals surface area (Å²) in [7, 11) is 0. The van der Waals surface area contributed by atoms with Gasteiger partial charge >= 0.3 is 5.97 Å². The van der Waals surface area contributed by atoms with Crippen LogP contribution in [0.3, 0.4) is 0 Å². The van der Waals surface area contributed by atoms with Gasteiger partial charge in [-0.1, -0.05) is 23.7 Å². The molecule has 0 spiro atoms. The van der Waals surface area contributed by atoms with Crippen molar-refractivity contribution >= 4 is 40.8 Å². The molecule has 1 N–H and O–H groups in total. The summed E-state index contributed by atoms with van der Waals surface area (Å²) in [6.45, 7) is 6.26. The number of carboxylic acid groups (broad SMARTS) is 1. The molecule has 198 valence electrons. The maximum absolute atomic E-state index is 13.7. The molecule has 0 saturated heterocycles. The molecule has 7 nitrogen and oxygen atoms in total. The number of pyridine rings is 1. The van der Waals surface area contributed by atoms with Crippen molar-refractivity contribution in [1.29, 1.82) is 0 Å². The van der Waals surface area contributed by atoms with Gasteiger partial charge in [0.05, 0.1) is 23.2 Å². The van der Waals surface area contributed by atoms with Crippen LogP contribution >= 0.6 is 11.6 Å². The van der Waals surface area contributed by atoms with Gasteiger partial charge in [0.25, 0.3) is 5.91 Å². The van der Waals surface area contributed by atoms with E-state index in [1.807, 2.05) is 37.3 Å². The normalized spacial score (nSPS) is 15.1. The number of aromatic nitrogens is 1. The zero-order valence-electron chi connectivity index (χ0n) is 21.9. The summed E-state index contributed by atoms with van der Waals surface area (Å²) < 4.78 is 0. The Hall–Kier alpha value is -3.71. The van der Waals surface area contributed by atoms with Crippen LogP contribution < -0.4 is 9.80 Å². The highest BCUT2D eigenvalue weighted by molar-refractivity contribution is 6.30. The third-order valence-electron chi connectivity index (χ3n) is 7.22. The van der Waals surface area contributed by atoms with E-state index in [1.54, 1.807) is 60.3 Å². The molecule has 0 unspecified atom stereocenters. The minimum absolute atomic E-state index is 0.0250. The van der Waals surface area contributed by atoms with Crippen LogP contribution in [0.15, 0.2) is 67.0 Å². The van der Waals surface area contributed by atoms with Crippen molar-refractivity contribution in [1.82, 2.24) is 4.98 Å². The minimum Gasteiger partial charge on any atom is -0.481 e. The van der Waals surface area contributed by atoms with E-state index in [1.165, 1.54) is 0 Å². The number of amides is 2. The fourth-order valence-corrected chi connectivity index (χ4v) is 4.85. The smallest absolute Gasteiger partial charge is 0.309 e. The van der Waals surface area contributed by atoms with Crippen molar-refractivity contribution in [2.24, 2.45) is 5.41 Å². The van der Waals surface area contributed by atoms with Crippen LogP contribution in [-0.4, -0.2) is 41.0 Å². The van der Waals surface area contributed by atoms with Crippen molar-refractivity contribution in [3.8, 4) is 0 Å². The van der Waals surface area contributed by atoms with Crippen LogP contribution in [0.5, 0.6) is 0 Å². The molecular weight excluding hydrogens is 502 g/mol. The summed E-state index contributed by atoms with van der Waals surface area (Å²) >= 11 is 6.04. The number of hydrogen-bond acceptors (Lipinski definition) is 4. The maximum Gasteiger partial charge on any atom is 0.309 e. The largest absolute Gasteiger partial charge is 0.481 e. The molecule has 2 aromatic carbocycles. The monoisotopic (exact) mass is 533 g/mol. The molecule has 8 heteroatoms. The standard InChI is InChI=1S/C30H32ClN3O4/c1-4-33(23-11-9-22(31)10-12-23)28(36)25-15-18-34(26-19-32-17-14-24(25)26)27(35)21-7-5-20(6-8-21)13-16-30(2,3)29(37)38/h5-12,14,17,19,25H,4,13,15-16,18H2,1-3H3,(H,37,38)/t25-/m0/s1. The molecule has 0 fully saturated rings. The topological polar surface area (TPSA) is 90.8 Å². The highest BCUT2D eigenvalue weighted by atomic mass is 35.5. The van der Waals surface area contributed by atoms with E-state index in [2.05, 4.69) is 4.98 Å². The van der Waals surface area contributed by atoms with Gasteiger partial charge in [-0.3, -0.25) is 19.4 Å². The van der Waals surface area contributed by atoms with E-state index in [4.69, 9.17) is 11.6 Å². The summed E-state index contributed by atoms with van der Waals surface area (Å²) in [5.74, 6) is -1.41. The number of anilines is 2. The van der Waals surface area contributed by atoms with E-state index in [0.717, 1.165) is 16.8 Å². The average molecular weight is 534 g/mol. The molecular formula is C30H32ClN3O4. The van der Waals surface area contributed by atoms with Gasteiger partial charge in [0.1, 0.15) is 0 Å². The fourth-order valence-electron chi connectivity index (χ4n) is 4.73. The van der Waals surface area contributed by atoms with Crippen LogP contribution in [0.4, 0.5) is 11.4 Å². The maximum atomic E-state index is 13.7. The molecule has 0 radical (unpaired) electrons. The summed E-state index contributed by atoms with van der Waals surface area (Å²) in [6.07, 6.45) is 4.90. The molecule has 0 saturated carbocycles. The predicted octanol–water partition coefficient (Wildman–Crippen LogP) is 5.97. The number of fused-ring (bicyclic) bond motifs is 1. The Morgan fingerprint density at radius 1 is 1.08 bits per heavy atom. The van der Waals surface area contributed by atoms with Crippen molar-refractivity contribution in [2.45, 2.75) is 46.0 Å². The average Bonchev–Trinajstić information content (AvgIpc) is 2.92. The Labute approximate surface area is 228 Å². The second-order valence-electron chi connectivity index (χ2n) is 10.2. The molecule has 1 aliphatic rings. The first-order chi connectivity index (χ1) is 18.1. The highest BCUT2D eigenvalue weighted by Crippen LogP contribution is 2.37. The zero-order valence-corrected chi connectivity index (χ0v) is 22.6. The lowest BCUT2D eigenvalue weighted by molar-refractivity contribution is -0.147. The van der Waals surface area contributed by atoms with E-state index >= 15 is 0 Å². The van der Waals surface area contributed by atoms with Crippen molar-refractivity contribution in [2.75, 3.05) is 22.9 Å². The molecule has 38 heavy (non-hydrogen) atoms. The van der Waals surface area contributed by atoms with Crippen LogP contribution in [0.1, 0.15) is 61.0 Å². The third-order valence-corrected chi connectivity index (χ3v) is 7.47. The fraction of sp³-hybridized carbons (Fsp3) is 0.333. The number of carboxylic acids is 1. The number of carbonyl (C=O) groups is 3. The van der Waals surface area contributed by atoms with E-state index in [-0.39, 0.29) is 11.8 Å². The molecule has 1 aliphatic heterocycles. The lowest BCUT2D eigenvalue weighted by atomic mass is 9.86. The quantitative estimate of drug-likeness (QED) is 0.385. The molecule has 4 rings (SSSR count). The number of nitrogens with zero attached hydrogens (tertiary/aromatic N) is 3. The molecule has 2 heterocycles. The summed E-state index contributed by atoms with van der Waals surface area (Å²) in [4.78, 5) is 46.2. The predicted molar refractivity (Wildman–Crippen MR) is 149 cm³/mol. The molecule has 0 aliphatic carbocycles. The Kier molecular flexibility index (Phi) is 8.17. The van der Waals surface area contributed by atoms with Crippen molar-refractivity contribution < 1.29 is 19.5 Å². The molecule has 1 aromatic heterocycles.